The number of hydrogen-bond donors (Lipinski definition) is 0. The van der Waals surface area contributed by atoms with E-state index in [-0.39, 0.29) is 0 Å². The Morgan fingerprint density at radius 2 is 0.828 bits per heavy atom. The second-order valence-corrected chi connectivity index (χ2v) is 14.7. The van der Waals surface area contributed by atoms with Crippen LogP contribution in [0.4, 0.5) is 0 Å². The minimum atomic E-state index is 0.553. The van der Waals surface area contributed by atoms with Crippen molar-refractivity contribution in [3.05, 3.63) is 186 Å². The van der Waals surface area contributed by atoms with Gasteiger partial charge >= 0.3 is 0 Å². The number of nitriles is 3. The normalized spacial score (nSPS) is 11.2. The van der Waals surface area contributed by atoms with Crippen LogP contribution in [-0.4, -0.2) is 14.1 Å². The highest BCUT2D eigenvalue weighted by Crippen LogP contribution is 2.42. The van der Waals surface area contributed by atoms with Gasteiger partial charge in [-0.1, -0.05) is 84.9 Å². The molecule has 0 radical (unpaired) electrons. The zero-order chi connectivity index (χ0) is 39.5. The van der Waals surface area contributed by atoms with Gasteiger partial charge < -0.3 is 9.13 Å². The summed E-state index contributed by atoms with van der Waals surface area (Å²) in [5.41, 5.74) is 15.2. The molecule has 7 aromatic carbocycles. The Morgan fingerprint density at radius 1 is 0.397 bits per heavy atom. The van der Waals surface area contributed by atoms with Crippen molar-refractivity contribution in [2.45, 2.75) is 13.8 Å². The smallest absolute Gasteiger partial charge is 0.0998 e. The van der Waals surface area contributed by atoms with Crippen LogP contribution in [0, 0.1) is 47.8 Å². The van der Waals surface area contributed by atoms with Gasteiger partial charge in [-0.3, -0.25) is 4.98 Å². The molecule has 0 amide bonds. The first-order valence-corrected chi connectivity index (χ1v) is 19.0. The molecular weight excluding hydrogens is 709 g/mol. The Kier molecular flexibility index (Phi) is 7.98. The molecule has 0 aliphatic heterocycles. The number of benzene rings is 7. The molecule has 10 rings (SSSR count). The Bertz CT molecular complexity index is 3410. The van der Waals surface area contributed by atoms with E-state index >= 15 is 0 Å². The molecule has 0 fully saturated rings. The maximum absolute atomic E-state index is 10.9. The van der Waals surface area contributed by atoms with Gasteiger partial charge in [0.15, 0.2) is 0 Å². The molecule has 58 heavy (non-hydrogen) atoms. The van der Waals surface area contributed by atoms with E-state index in [2.05, 4.69) is 123 Å². The standard InChI is InChI=1S/C52H32N6/c1-32-23-40(24-33(2)56-32)46-28-52(58-48-10-6-4-8-43(48)45-22-20-39(26-50(45)58)37-17-13-35(30-54)14-18-37)51(27-41(46)31-55)57-47-9-5-3-7-42(47)44-21-19-38(25-49(44)57)36-15-11-34(29-53)12-16-36/h3-28H,1-2H3. The van der Waals surface area contributed by atoms with E-state index in [0.29, 0.717) is 16.7 Å². The molecule has 0 saturated carbocycles. The average molecular weight is 741 g/mol. The summed E-state index contributed by atoms with van der Waals surface area (Å²) in [6.45, 7) is 3.97. The van der Waals surface area contributed by atoms with Crippen molar-refractivity contribution in [1.82, 2.24) is 14.1 Å². The molecule has 0 atom stereocenters. The predicted octanol–water partition coefficient (Wildman–Crippen LogP) is 12.5. The molecule has 10 aromatic rings. The van der Waals surface area contributed by atoms with Crippen molar-refractivity contribution in [2.24, 2.45) is 0 Å². The molecular formula is C52H32N6. The highest BCUT2D eigenvalue weighted by molar-refractivity contribution is 6.13. The molecule has 0 aliphatic carbocycles. The van der Waals surface area contributed by atoms with Crippen LogP contribution in [0.15, 0.2) is 158 Å². The van der Waals surface area contributed by atoms with Crippen LogP contribution in [0.25, 0.3) is 88.4 Å². The third-order valence-electron chi connectivity index (χ3n) is 11.2. The third kappa shape index (κ3) is 5.50. The van der Waals surface area contributed by atoms with Crippen LogP contribution in [-0.2, 0) is 0 Å². The van der Waals surface area contributed by atoms with Crippen molar-refractivity contribution < 1.29 is 0 Å². The zero-order valence-electron chi connectivity index (χ0n) is 31.7. The first kappa shape index (κ1) is 34.3. The van der Waals surface area contributed by atoms with Crippen molar-refractivity contribution in [3.63, 3.8) is 0 Å². The number of nitrogens with zero attached hydrogens (tertiary/aromatic N) is 6. The van der Waals surface area contributed by atoms with Crippen molar-refractivity contribution in [3.8, 4) is 63.0 Å². The van der Waals surface area contributed by atoms with Gasteiger partial charge in [0.1, 0.15) is 0 Å². The number of aryl methyl sites for hydroxylation is 2. The zero-order valence-corrected chi connectivity index (χ0v) is 31.7. The van der Waals surface area contributed by atoms with Gasteiger partial charge in [-0.15, -0.1) is 0 Å². The maximum Gasteiger partial charge on any atom is 0.0998 e. The second-order valence-electron chi connectivity index (χ2n) is 14.7. The molecule has 0 bridgehead atoms. The van der Waals surface area contributed by atoms with Gasteiger partial charge in [-0.25, -0.2) is 0 Å². The Hall–Kier alpha value is -8.24. The number of rotatable bonds is 5. The number of fused-ring (bicyclic) bond motifs is 6. The van der Waals surface area contributed by atoms with E-state index in [0.717, 1.165) is 99.8 Å². The summed E-state index contributed by atoms with van der Waals surface area (Å²) in [7, 11) is 0. The predicted molar refractivity (Wildman–Crippen MR) is 233 cm³/mol. The summed E-state index contributed by atoms with van der Waals surface area (Å²) in [5.74, 6) is 0. The molecule has 0 spiro atoms. The molecule has 270 valence electrons. The van der Waals surface area contributed by atoms with E-state index in [1.54, 1.807) is 0 Å². The second kappa shape index (κ2) is 13.5. The summed E-state index contributed by atoms with van der Waals surface area (Å²) in [6, 6.07) is 60.7. The summed E-state index contributed by atoms with van der Waals surface area (Å²) in [5, 5.41) is 34.3. The lowest BCUT2D eigenvalue weighted by molar-refractivity contribution is 1.09. The van der Waals surface area contributed by atoms with E-state index in [1.807, 2.05) is 80.6 Å². The lowest BCUT2D eigenvalue weighted by Gasteiger charge is -2.20. The quantitative estimate of drug-likeness (QED) is 0.175. The van der Waals surface area contributed by atoms with E-state index in [9.17, 15) is 15.8 Å². The van der Waals surface area contributed by atoms with Gasteiger partial charge in [0.2, 0.25) is 0 Å². The average Bonchev–Trinajstić information content (AvgIpc) is 3.77. The first-order chi connectivity index (χ1) is 28.4. The van der Waals surface area contributed by atoms with E-state index in [1.165, 1.54) is 0 Å². The first-order valence-electron chi connectivity index (χ1n) is 19.0. The SMILES string of the molecule is Cc1cc(-c2cc(-n3c4ccccc4c4ccc(-c5ccc(C#N)cc5)cc43)c(-n3c4ccccc4c4ccc(-c5ccc(C#N)cc5)cc43)cc2C#N)cc(C)n1. The Labute approximate surface area is 335 Å². The van der Waals surface area contributed by atoms with Crippen molar-refractivity contribution >= 4 is 43.6 Å². The fraction of sp³-hybridized carbons (Fsp3) is 0.0385. The molecule has 0 N–H and O–H groups in total. The third-order valence-corrected chi connectivity index (χ3v) is 11.2. The van der Waals surface area contributed by atoms with Gasteiger partial charge in [0, 0.05) is 38.5 Å². The monoisotopic (exact) mass is 740 g/mol. The van der Waals surface area contributed by atoms with Gasteiger partial charge in [-0.05, 0) is 114 Å². The van der Waals surface area contributed by atoms with E-state index in [4.69, 9.17) is 0 Å². The highest BCUT2D eigenvalue weighted by Gasteiger charge is 2.23. The number of para-hydroxylation sites is 2. The van der Waals surface area contributed by atoms with E-state index < -0.39 is 0 Å². The van der Waals surface area contributed by atoms with Crippen LogP contribution in [0.3, 0.4) is 0 Å². The Balaban J connectivity index is 1.34. The lowest BCUT2D eigenvalue weighted by Crippen LogP contribution is -2.06. The van der Waals surface area contributed by atoms with Crippen LogP contribution >= 0.6 is 0 Å². The minimum absolute atomic E-state index is 0.553. The molecule has 6 nitrogen and oxygen atoms in total. The summed E-state index contributed by atoms with van der Waals surface area (Å²) < 4.78 is 4.63. The van der Waals surface area contributed by atoms with Gasteiger partial charge in [0.05, 0.1) is 68.3 Å². The van der Waals surface area contributed by atoms with Crippen molar-refractivity contribution in [1.29, 1.82) is 15.8 Å². The largest absolute Gasteiger partial charge is 0.307 e. The van der Waals surface area contributed by atoms with Crippen LogP contribution in [0.1, 0.15) is 28.1 Å². The number of pyridine rings is 1. The molecule has 3 aromatic heterocycles. The maximum atomic E-state index is 10.9. The molecule has 0 unspecified atom stereocenters. The van der Waals surface area contributed by atoms with Gasteiger partial charge in [-0.2, -0.15) is 15.8 Å². The number of hydrogen-bond acceptors (Lipinski definition) is 4. The minimum Gasteiger partial charge on any atom is -0.307 e. The van der Waals surface area contributed by atoms with Gasteiger partial charge in [0.25, 0.3) is 0 Å². The summed E-state index contributed by atoms with van der Waals surface area (Å²) in [4.78, 5) is 4.66. The summed E-state index contributed by atoms with van der Waals surface area (Å²) >= 11 is 0. The molecule has 3 heterocycles. The van der Waals surface area contributed by atoms with Crippen LogP contribution in [0.2, 0.25) is 0 Å². The summed E-state index contributed by atoms with van der Waals surface area (Å²) in [6.07, 6.45) is 0. The van der Waals surface area contributed by atoms with Crippen LogP contribution in [0.5, 0.6) is 0 Å². The molecule has 0 saturated heterocycles. The highest BCUT2D eigenvalue weighted by atomic mass is 15.1. The number of aromatic nitrogens is 3. The fourth-order valence-electron chi connectivity index (χ4n) is 8.55. The van der Waals surface area contributed by atoms with Crippen LogP contribution < -0.4 is 0 Å². The molecule has 0 aliphatic rings. The lowest BCUT2D eigenvalue weighted by atomic mass is 9.97. The molecule has 6 heteroatoms. The van der Waals surface area contributed by atoms with Crippen molar-refractivity contribution in [2.75, 3.05) is 0 Å². The topological polar surface area (TPSA) is 94.1 Å². The Morgan fingerprint density at radius 3 is 1.29 bits per heavy atom. The fourth-order valence-corrected chi connectivity index (χ4v) is 8.55.